The fourth-order valence-electron chi connectivity index (χ4n) is 4.33. The Bertz CT molecular complexity index is 745. The second kappa shape index (κ2) is 5.69. The summed E-state index contributed by atoms with van der Waals surface area (Å²) in [5.41, 5.74) is 2.79. The van der Waals surface area contributed by atoms with Gasteiger partial charge in [-0.2, -0.15) is 4.98 Å². The minimum absolute atomic E-state index is 0.386. The summed E-state index contributed by atoms with van der Waals surface area (Å²) in [6.45, 7) is 1.84. The molecule has 0 aromatic carbocycles. The molecule has 0 bridgehead atoms. The molecule has 24 heavy (non-hydrogen) atoms. The highest BCUT2D eigenvalue weighted by Gasteiger charge is 2.33. The van der Waals surface area contributed by atoms with Gasteiger partial charge in [-0.15, -0.1) is 0 Å². The Balaban J connectivity index is 1.37. The smallest absolute Gasteiger partial charge is 0.240 e. The number of hydrogen-bond acceptors (Lipinski definition) is 5. The van der Waals surface area contributed by atoms with Crippen molar-refractivity contribution in [2.24, 2.45) is 7.05 Å². The minimum Gasteiger partial charge on any atom is -0.338 e. The Morgan fingerprint density at radius 3 is 2.79 bits per heavy atom. The van der Waals surface area contributed by atoms with Crippen LogP contribution in [0.5, 0.6) is 0 Å². The van der Waals surface area contributed by atoms with Gasteiger partial charge in [0.2, 0.25) is 5.89 Å². The van der Waals surface area contributed by atoms with Crippen LogP contribution in [-0.4, -0.2) is 31.1 Å². The van der Waals surface area contributed by atoms with Crippen molar-refractivity contribution < 1.29 is 4.52 Å². The summed E-state index contributed by atoms with van der Waals surface area (Å²) in [7, 11) is 2.20. The summed E-state index contributed by atoms with van der Waals surface area (Å²) in [6.07, 6.45) is 9.72. The molecule has 3 aliphatic rings. The summed E-state index contributed by atoms with van der Waals surface area (Å²) < 4.78 is 7.86. The number of fused-ring (bicyclic) bond motifs is 1. The number of likely N-dealkylation sites (tertiary alicyclic amines) is 1. The average Bonchev–Trinajstić information content (AvgIpc) is 3.03. The van der Waals surface area contributed by atoms with Gasteiger partial charge in [0.15, 0.2) is 5.82 Å². The Kier molecular flexibility index (Phi) is 3.47. The van der Waals surface area contributed by atoms with Crippen molar-refractivity contribution in [2.45, 2.75) is 69.9 Å². The topological polar surface area (TPSA) is 60.0 Å². The van der Waals surface area contributed by atoms with E-state index in [2.05, 4.69) is 26.7 Å². The lowest BCUT2D eigenvalue weighted by Gasteiger charge is -2.22. The van der Waals surface area contributed by atoms with E-state index in [1.807, 2.05) is 0 Å². The maximum Gasteiger partial charge on any atom is 0.240 e. The SMILES string of the molecule is Cn1c([C@H]2CCCN2Cc2nc(C3CC3)no2)nc2c1CCCC2. The fraction of sp³-hybridized carbons (Fsp3) is 0.722. The zero-order valence-electron chi connectivity index (χ0n) is 14.4. The van der Waals surface area contributed by atoms with Gasteiger partial charge in [-0.3, -0.25) is 4.90 Å². The van der Waals surface area contributed by atoms with Crippen LogP contribution in [0.25, 0.3) is 0 Å². The largest absolute Gasteiger partial charge is 0.338 e. The monoisotopic (exact) mass is 327 g/mol. The molecule has 0 radical (unpaired) electrons. The molecule has 2 aliphatic carbocycles. The van der Waals surface area contributed by atoms with E-state index in [9.17, 15) is 0 Å². The van der Waals surface area contributed by atoms with Crippen LogP contribution in [0.15, 0.2) is 4.52 Å². The van der Waals surface area contributed by atoms with Gasteiger partial charge in [0.05, 0.1) is 18.3 Å². The maximum absolute atomic E-state index is 5.49. The van der Waals surface area contributed by atoms with Gasteiger partial charge in [0.25, 0.3) is 0 Å². The van der Waals surface area contributed by atoms with Gasteiger partial charge in [0, 0.05) is 18.7 Å². The molecule has 5 rings (SSSR count). The molecule has 0 unspecified atom stereocenters. The standard InChI is InChI=1S/C18H25N5O/c1-22-14-6-3-2-5-13(14)19-18(22)15-7-4-10-23(15)11-16-20-17(21-24-16)12-8-9-12/h12,15H,2-11H2,1H3/t15-/m1/s1. The molecule has 1 aliphatic heterocycles. The molecule has 2 aromatic heterocycles. The lowest BCUT2D eigenvalue weighted by molar-refractivity contribution is 0.203. The van der Waals surface area contributed by atoms with Crippen molar-refractivity contribution in [3.63, 3.8) is 0 Å². The second-order valence-corrected chi connectivity index (χ2v) is 7.58. The third kappa shape index (κ3) is 2.48. The normalized spacial score (nSPS) is 24.5. The summed E-state index contributed by atoms with van der Waals surface area (Å²) in [5, 5.41) is 4.16. The van der Waals surface area contributed by atoms with Crippen LogP contribution in [0.1, 0.15) is 79.4 Å². The Hall–Kier alpha value is -1.69. The molecule has 1 saturated heterocycles. The van der Waals surface area contributed by atoms with Crippen LogP contribution in [-0.2, 0) is 26.4 Å². The highest BCUT2D eigenvalue weighted by molar-refractivity contribution is 5.22. The van der Waals surface area contributed by atoms with E-state index < -0.39 is 0 Å². The van der Waals surface area contributed by atoms with Crippen LogP contribution >= 0.6 is 0 Å². The highest BCUT2D eigenvalue weighted by Crippen LogP contribution is 2.39. The third-order valence-corrected chi connectivity index (χ3v) is 5.83. The summed E-state index contributed by atoms with van der Waals surface area (Å²) in [4.78, 5) is 12.1. The molecule has 2 fully saturated rings. The van der Waals surface area contributed by atoms with E-state index in [1.165, 1.54) is 62.2 Å². The Morgan fingerprint density at radius 2 is 1.96 bits per heavy atom. The first-order chi connectivity index (χ1) is 11.8. The van der Waals surface area contributed by atoms with Gasteiger partial charge in [-0.05, 0) is 57.9 Å². The van der Waals surface area contributed by atoms with Gasteiger partial charge in [0.1, 0.15) is 5.82 Å². The molecule has 0 amide bonds. The summed E-state index contributed by atoms with van der Waals surface area (Å²) >= 11 is 0. The van der Waals surface area contributed by atoms with E-state index >= 15 is 0 Å². The van der Waals surface area contributed by atoms with Crippen molar-refractivity contribution in [1.82, 2.24) is 24.6 Å². The number of aromatic nitrogens is 4. The zero-order chi connectivity index (χ0) is 16.1. The van der Waals surface area contributed by atoms with Crippen molar-refractivity contribution >= 4 is 0 Å². The minimum atomic E-state index is 0.386. The van der Waals surface area contributed by atoms with E-state index in [0.29, 0.717) is 12.0 Å². The van der Waals surface area contributed by atoms with Gasteiger partial charge < -0.3 is 9.09 Å². The van der Waals surface area contributed by atoms with E-state index in [-0.39, 0.29) is 0 Å². The van der Waals surface area contributed by atoms with Crippen molar-refractivity contribution in [3.05, 3.63) is 28.9 Å². The maximum atomic E-state index is 5.49. The Labute approximate surface area is 142 Å². The molecule has 2 aromatic rings. The summed E-state index contributed by atoms with van der Waals surface area (Å²) in [6, 6.07) is 0.386. The van der Waals surface area contributed by atoms with Gasteiger partial charge >= 0.3 is 0 Å². The molecular weight excluding hydrogens is 302 g/mol. The van der Waals surface area contributed by atoms with Crippen LogP contribution < -0.4 is 0 Å². The Morgan fingerprint density at radius 1 is 1.08 bits per heavy atom. The van der Waals surface area contributed by atoms with E-state index in [4.69, 9.17) is 9.51 Å². The average molecular weight is 327 g/mol. The first kappa shape index (κ1) is 14.6. The second-order valence-electron chi connectivity index (χ2n) is 7.58. The molecule has 0 spiro atoms. The fourth-order valence-corrected chi connectivity index (χ4v) is 4.33. The first-order valence-corrected chi connectivity index (χ1v) is 9.40. The molecule has 3 heterocycles. The molecule has 1 saturated carbocycles. The zero-order valence-corrected chi connectivity index (χ0v) is 14.4. The number of hydrogen-bond donors (Lipinski definition) is 0. The predicted octanol–water partition coefficient (Wildman–Crippen LogP) is 2.90. The number of aryl methyl sites for hydroxylation is 1. The number of imidazole rings is 1. The quantitative estimate of drug-likeness (QED) is 0.864. The predicted molar refractivity (Wildman–Crippen MR) is 88.5 cm³/mol. The summed E-state index contributed by atoms with van der Waals surface area (Å²) in [5.74, 6) is 3.47. The van der Waals surface area contributed by atoms with E-state index in [1.54, 1.807) is 0 Å². The molecular formula is C18H25N5O. The van der Waals surface area contributed by atoms with E-state index in [0.717, 1.165) is 31.2 Å². The van der Waals surface area contributed by atoms with Crippen molar-refractivity contribution in [1.29, 1.82) is 0 Å². The lowest BCUT2D eigenvalue weighted by atomic mass is 10.0. The molecule has 6 heteroatoms. The first-order valence-electron chi connectivity index (χ1n) is 9.40. The molecule has 128 valence electrons. The number of nitrogens with zero attached hydrogens (tertiary/aromatic N) is 5. The van der Waals surface area contributed by atoms with Crippen LogP contribution in [0.2, 0.25) is 0 Å². The molecule has 0 N–H and O–H groups in total. The van der Waals surface area contributed by atoms with Gasteiger partial charge in [-0.25, -0.2) is 4.98 Å². The van der Waals surface area contributed by atoms with Crippen LogP contribution in [0.4, 0.5) is 0 Å². The third-order valence-electron chi connectivity index (χ3n) is 5.83. The van der Waals surface area contributed by atoms with Gasteiger partial charge in [-0.1, -0.05) is 5.16 Å². The number of rotatable bonds is 4. The lowest BCUT2D eigenvalue weighted by Crippen LogP contribution is -2.25. The van der Waals surface area contributed by atoms with Crippen LogP contribution in [0.3, 0.4) is 0 Å². The van der Waals surface area contributed by atoms with Crippen molar-refractivity contribution in [2.75, 3.05) is 6.54 Å². The molecule has 1 atom stereocenters. The molecule has 6 nitrogen and oxygen atoms in total. The van der Waals surface area contributed by atoms with Crippen molar-refractivity contribution in [3.8, 4) is 0 Å². The van der Waals surface area contributed by atoms with Crippen LogP contribution in [0, 0.1) is 0 Å². The highest BCUT2D eigenvalue weighted by atomic mass is 16.5.